The molecule has 0 fully saturated rings. The predicted molar refractivity (Wildman–Crippen MR) is 65.7 cm³/mol. The van der Waals surface area contributed by atoms with E-state index in [1.165, 1.54) is 18.2 Å². The smallest absolute Gasteiger partial charge is 0.337 e. The average molecular weight is 281 g/mol. The van der Waals surface area contributed by atoms with E-state index in [9.17, 15) is 25.1 Å². The lowest BCUT2D eigenvalue weighted by Crippen LogP contribution is -2.29. The second kappa shape index (κ2) is 5.23. The maximum atomic E-state index is 11.2. The van der Waals surface area contributed by atoms with Gasteiger partial charge in [0.2, 0.25) is 0 Å². The number of rotatable bonds is 4. The fourth-order valence-electron chi connectivity index (χ4n) is 1.77. The molecule has 0 amide bonds. The molecule has 20 heavy (non-hydrogen) atoms. The Bertz CT molecular complexity index is 667. The lowest BCUT2D eigenvalue weighted by atomic mass is 10.1. The number of hydrogen-bond donors (Lipinski definition) is 3. The summed E-state index contributed by atoms with van der Waals surface area (Å²) in [5.41, 5.74) is 0.164. The van der Waals surface area contributed by atoms with E-state index in [2.05, 4.69) is 14.9 Å². The van der Waals surface area contributed by atoms with Crippen LogP contribution in [0.3, 0.4) is 0 Å². The maximum absolute atomic E-state index is 11.2. The summed E-state index contributed by atoms with van der Waals surface area (Å²) in [5, 5.41) is 36.7. The number of benzene rings is 1. The molecule has 0 radical (unpaired) electrons. The summed E-state index contributed by atoms with van der Waals surface area (Å²) >= 11 is 0. The number of H-pyrrole nitrogens is 1. The molecule has 0 bridgehead atoms. The molecule has 0 aliphatic heterocycles. The third kappa shape index (κ3) is 2.31. The van der Waals surface area contributed by atoms with Gasteiger partial charge in [0.1, 0.15) is 6.10 Å². The number of fused-ring (bicyclic) bond motifs is 1. The van der Waals surface area contributed by atoms with Crippen LogP contribution < -0.4 is 0 Å². The zero-order valence-corrected chi connectivity index (χ0v) is 10.3. The molecule has 2 aromatic rings. The Balaban J connectivity index is 2.41. The number of methoxy groups -OCH3 is 1. The number of ether oxygens (including phenoxy) is 1. The highest BCUT2D eigenvalue weighted by Crippen LogP contribution is 2.27. The standard InChI is InChI=1S/C11H11N3O6/c1-20-11(17)10(16)9(15)8-6-3-2-5(14(18)19)4-7(6)12-13-8/h2-4,9-10,15-16H,1H3,(H,12,13). The second-order valence-corrected chi connectivity index (χ2v) is 4.01. The van der Waals surface area contributed by atoms with Gasteiger partial charge in [0.05, 0.1) is 23.2 Å². The van der Waals surface area contributed by atoms with E-state index < -0.39 is 23.1 Å². The molecule has 2 unspecified atom stereocenters. The molecule has 106 valence electrons. The number of esters is 1. The molecule has 2 atom stereocenters. The third-order valence-electron chi connectivity index (χ3n) is 2.82. The van der Waals surface area contributed by atoms with Gasteiger partial charge in [-0.1, -0.05) is 0 Å². The van der Waals surface area contributed by atoms with Gasteiger partial charge in [-0.3, -0.25) is 15.2 Å². The summed E-state index contributed by atoms with van der Waals surface area (Å²) in [6.45, 7) is 0. The van der Waals surface area contributed by atoms with Crippen molar-refractivity contribution in [1.29, 1.82) is 0 Å². The van der Waals surface area contributed by atoms with Crippen LogP contribution in [0.25, 0.3) is 10.9 Å². The van der Waals surface area contributed by atoms with Gasteiger partial charge < -0.3 is 14.9 Å². The van der Waals surface area contributed by atoms with Gasteiger partial charge in [-0.25, -0.2) is 4.79 Å². The number of carbonyl (C=O) groups is 1. The number of aliphatic hydroxyl groups is 2. The number of nitro groups is 1. The number of non-ortho nitro benzene ring substituents is 1. The normalized spacial score (nSPS) is 13.9. The lowest BCUT2D eigenvalue weighted by Gasteiger charge is -2.14. The first kappa shape index (κ1) is 13.9. The summed E-state index contributed by atoms with van der Waals surface area (Å²) in [6.07, 6.45) is -3.35. The molecule has 1 aromatic carbocycles. The summed E-state index contributed by atoms with van der Waals surface area (Å²) in [4.78, 5) is 21.2. The Morgan fingerprint density at radius 3 is 2.80 bits per heavy atom. The molecular weight excluding hydrogens is 270 g/mol. The third-order valence-corrected chi connectivity index (χ3v) is 2.82. The molecule has 0 aliphatic carbocycles. The highest BCUT2D eigenvalue weighted by Gasteiger charge is 2.29. The summed E-state index contributed by atoms with van der Waals surface area (Å²) in [6, 6.07) is 3.82. The van der Waals surface area contributed by atoms with E-state index in [4.69, 9.17) is 0 Å². The zero-order chi connectivity index (χ0) is 14.9. The van der Waals surface area contributed by atoms with Crippen LogP contribution in [0.2, 0.25) is 0 Å². The fraction of sp³-hybridized carbons (Fsp3) is 0.273. The molecule has 3 N–H and O–H groups in total. The van der Waals surface area contributed by atoms with Crippen molar-refractivity contribution in [3.63, 3.8) is 0 Å². The van der Waals surface area contributed by atoms with Crippen LogP contribution >= 0.6 is 0 Å². The van der Waals surface area contributed by atoms with Crippen molar-refractivity contribution in [1.82, 2.24) is 10.2 Å². The Labute approximate surface area is 111 Å². The molecule has 9 nitrogen and oxygen atoms in total. The van der Waals surface area contributed by atoms with Crippen molar-refractivity contribution in [2.45, 2.75) is 12.2 Å². The number of carbonyl (C=O) groups excluding carboxylic acids is 1. The van der Waals surface area contributed by atoms with E-state index in [1.54, 1.807) is 0 Å². The highest BCUT2D eigenvalue weighted by atomic mass is 16.6. The van der Waals surface area contributed by atoms with Gasteiger partial charge in [-0.05, 0) is 6.07 Å². The molecule has 2 rings (SSSR count). The van der Waals surface area contributed by atoms with Gasteiger partial charge in [-0.2, -0.15) is 5.10 Å². The van der Waals surface area contributed by atoms with Crippen LogP contribution in [0.15, 0.2) is 18.2 Å². The van der Waals surface area contributed by atoms with E-state index in [-0.39, 0.29) is 16.9 Å². The zero-order valence-electron chi connectivity index (χ0n) is 10.3. The molecule has 0 saturated heterocycles. The summed E-state index contributed by atoms with van der Waals surface area (Å²) in [7, 11) is 1.08. The fourth-order valence-corrected chi connectivity index (χ4v) is 1.77. The minimum atomic E-state index is -1.78. The number of nitrogens with one attached hydrogen (secondary N) is 1. The van der Waals surface area contributed by atoms with E-state index in [0.717, 1.165) is 7.11 Å². The molecular formula is C11H11N3O6. The van der Waals surface area contributed by atoms with Gasteiger partial charge in [0.15, 0.2) is 6.10 Å². The Hall–Kier alpha value is -2.52. The Morgan fingerprint density at radius 2 is 2.20 bits per heavy atom. The molecule has 1 aromatic heterocycles. The van der Waals surface area contributed by atoms with Crippen molar-refractivity contribution < 1.29 is 24.7 Å². The first-order chi connectivity index (χ1) is 9.45. The average Bonchev–Trinajstić information content (AvgIpc) is 2.87. The van der Waals surface area contributed by atoms with Gasteiger partial charge in [0.25, 0.3) is 5.69 Å². The number of aromatic nitrogens is 2. The van der Waals surface area contributed by atoms with Crippen LogP contribution in [0.1, 0.15) is 11.8 Å². The minimum Gasteiger partial charge on any atom is -0.467 e. The molecule has 0 saturated carbocycles. The van der Waals surface area contributed by atoms with E-state index in [1.807, 2.05) is 0 Å². The number of nitrogens with zero attached hydrogens (tertiary/aromatic N) is 2. The van der Waals surface area contributed by atoms with E-state index in [0.29, 0.717) is 5.39 Å². The summed E-state index contributed by atoms with van der Waals surface area (Å²) in [5.74, 6) is -0.998. The first-order valence-corrected chi connectivity index (χ1v) is 5.52. The molecule has 1 heterocycles. The lowest BCUT2D eigenvalue weighted by molar-refractivity contribution is -0.384. The Morgan fingerprint density at radius 1 is 1.50 bits per heavy atom. The summed E-state index contributed by atoms with van der Waals surface area (Å²) < 4.78 is 4.32. The minimum absolute atomic E-state index is 0.0767. The van der Waals surface area contributed by atoms with Crippen LogP contribution in [0, 0.1) is 10.1 Å². The largest absolute Gasteiger partial charge is 0.467 e. The van der Waals surface area contributed by atoms with Crippen LogP contribution in [0.5, 0.6) is 0 Å². The first-order valence-electron chi connectivity index (χ1n) is 5.52. The molecule has 0 aliphatic rings. The van der Waals surface area contributed by atoms with Crippen molar-refractivity contribution in [2.75, 3.05) is 7.11 Å². The molecule has 9 heteroatoms. The number of aliphatic hydroxyl groups excluding tert-OH is 2. The van der Waals surface area contributed by atoms with Gasteiger partial charge >= 0.3 is 5.97 Å². The second-order valence-electron chi connectivity index (χ2n) is 4.01. The maximum Gasteiger partial charge on any atom is 0.337 e. The number of hydrogen-bond acceptors (Lipinski definition) is 7. The molecule has 0 spiro atoms. The van der Waals surface area contributed by atoms with Crippen LogP contribution in [-0.4, -0.2) is 44.5 Å². The quantitative estimate of drug-likeness (QED) is 0.408. The van der Waals surface area contributed by atoms with Crippen LogP contribution in [-0.2, 0) is 9.53 Å². The predicted octanol–water partition coefficient (Wildman–Crippen LogP) is 0.0384. The topological polar surface area (TPSA) is 139 Å². The van der Waals surface area contributed by atoms with Crippen LogP contribution in [0.4, 0.5) is 5.69 Å². The van der Waals surface area contributed by atoms with Crippen molar-refractivity contribution in [3.05, 3.63) is 34.0 Å². The van der Waals surface area contributed by atoms with E-state index >= 15 is 0 Å². The van der Waals surface area contributed by atoms with Gasteiger partial charge in [0, 0.05) is 17.5 Å². The highest BCUT2D eigenvalue weighted by molar-refractivity contribution is 5.85. The monoisotopic (exact) mass is 281 g/mol. The van der Waals surface area contributed by atoms with Crippen molar-refractivity contribution in [3.8, 4) is 0 Å². The SMILES string of the molecule is COC(=O)C(O)C(O)c1[nH]nc2cc([N+](=O)[O-])ccc12. The van der Waals surface area contributed by atoms with Gasteiger partial charge in [-0.15, -0.1) is 0 Å². The number of aromatic amines is 1. The number of nitro benzene ring substituents is 1. The van der Waals surface area contributed by atoms with Crippen molar-refractivity contribution >= 4 is 22.6 Å². The van der Waals surface area contributed by atoms with Crippen molar-refractivity contribution in [2.24, 2.45) is 0 Å². The Kier molecular flexibility index (Phi) is 3.63.